The second kappa shape index (κ2) is 5.32. The summed E-state index contributed by atoms with van der Waals surface area (Å²) < 4.78 is 0. The standard InChI is InChI=1S/C14H20N2O/c1-3-4-5-14(17)15-13-7-6-11-9-16(2)10-12(11)8-13/h6-8H,3-5,9-10H2,1-2H3,(H,15,17). The number of amides is 1. The van der Waals surface area contributed by atoms with Crippen molar-refractivity contribution in [3.63, 3.8) is 0 Å². The Morgan fingerprint density at radius 3 is 2.88 bits per heavy atom. The first-order valence-electron chi connectivity index (χ1n) is 6.29. The summed E-state index contributed by atoms with van der Waals surface area (Å²) in [5.41, 5.74) is 3.64. The number of carbonyl (C=O) groups is 1. The van der Waals surface area contributed by atoms with Crippen LogP contribution < -0.4 is 5.32 Å². The number of rotatable bonds is 4. The van der Waals surface area contributed by atoms with Gasteiger partial charge in [-0.3, -0.25) is 9.69 Å². The Morgan fingerprint density at radius 2 is 2.12 bits per heavy atom. The van der Waals surface area contributed by atoms with Crippen LogP contribution in [-0.4, -0.2) is 17.9 Å². The number of benzene rings is 1. The van der Waals surface area contributed by atoms with E-state index in [9.17, 15) is 4.79 Å². The molecule has 1 amide bonds. The Kier molecular flexibility index (Phi) is 3.79. The van der Waals surface area contributed by atoms with Crippen molar-refractivity contribution >= 4 is 11.6 Å². The molecule has 0 saturated heterocycles. The van der Waals surface area contributed by atoms with Crippen LogP contribution in [0.25, 0.3) is 0 Å². The summed E-state index contributed by atoms with van der Waals surface area (Å²) in [5, 5.41) is 2.96. The van der Waals surface area contributed by atoms with Crippen LogP contribution in [0.2, 0.25) is 0 Å². The number of nitrogens with one attached hydrogen (secondary N) is 1. The summed E-state index contributed by atoms with van der Waals surface area (Å²) in [6.45, 7) is 4.09. The van der Waals surface area contributed by atoms with Crippen LogP contribution in [0.3, 0.4) is 0 Å². The first-order valence-corrected chi connectivity index (χ1v) is 6.29. The second-order valence-electron chi connectivity index (χ2n) is 4.81. The van der Waals surface area contributed by atoms with Gasteiger partial charge in [-0.25, -0.2) is 0 Å². The normalized spacial score (nSPS) is 14.7. The average Bonchev–Trinajstić information content (AvgIpc) is 2.65. The lowest BCUT2D eigenvalue weighted by molar-refractivity contribution is -0.116. The van der Waals surface area contributed by atoms with Gasteiger partial charge in [-0.15, -0.1) is 0 Å². The molecular weight excluding hydrogens is 212 g/mol. The molecule has 2 rings (SSSR count). The highest BCUT2D eigenvalue weighted by atomic mass is 16.1. The van der Waals surface area contributed by atoms with Gasteiger partial charge in [0, 0.05) is 25.2 Å². The maximum absolute atomic E-state index is 11.6. The van der Waals surface area contributed by atoms with Gasteiger partial charge in [-0.1, -0.05) is 19.4 Å². The van der Waals surface area contributed by atoms with E-state index < -0.39 is 0 Å². The zero-order valence-corrected chi connectivity index (χ0v) is 10.6. The van der Waals surface area contributed by atoms with Crippen molar-refractivity contribution in [2.75, 3.05) is 12.4 Å². The maximum atomic E-state index is 11.6. The van der Waals surface area contributed by atoms with Crippen LogP contribution in [0.15, 0.2) is 18.2 Å². The summed E-state index contributed by atoms with van der Waals surface area (Å²) >= 11 is 0. The Bertz CT molecular complexity index is 415. The van der Waals surface area contributed by atoms with Crippen molar-refractivity contribution in [2.45, 2.75) is 39.3 Å². The third-order valence-corrected chi connectivity index (χ3v) is 3.13. The number of hydrogen-bond donors (Lipinski definition) is 1. The zero-order chi connectivity index (χ0) is 12.3. The third kappa shape index (κ3) is 3.07. The van der Waals surface area contributed by atoms with Gasteiger partial charge in [-0.2, -0.15) is 0 Å². The lowest BCUT2D eigenvalue weighted by Crippen LogP contribution is -2.11. The molecule has 1 aliphatic rings. The monoisotopic (exact) mass is 232 g/mol. The molecule has 0 bridgehead atoms. The van der Waals surface area contributed by atoms with Gasteiger partial charge >= 0.3 is 0 Å². The van der Waals surface area contributed by atoms with E-state index in [0.717, 1.165) is 31.6 Å². The van der Waals surface area contributed by atoms with Crippen LogP contribution in [0.4, 0.5) is 5.69 Å². The molecule has 0 aromatic heterocycles. The largest absolute Gasteiger partial charge is 0.326 e. The third-order valence-electron chi connectivity index (χ3n) is 3.13. The van der Waals surface area contributed by atoms with Crippen LogP contribution in [-0.2, 0) is 17.9 Å². The number of anilines is 1. The minimum Gasteiger partial charge on any atom is -0.326 e. The van der Waals surface area contributed by atoms with Crippen LogP contribution in [0.5, 0.6) is 0 Å². The smallest absolute Gasteiger partial charge is 0.224 e. The molecular formula is C14H20N2O. The van der Waals surface area contributed by atoms with Crippen molar-refractivity contribution in [1.82, 2.24) is 4.90 Å². The van der Waals surface area contributed by atoms with Gasteiger partial charge in [0.1, 0.15) is 0 Å². The first-order chi connectivity index (χ1) is 8.19. The molecule has 3 heteroatoms. The number of unbranched alkanes of at least 4 members (excludes halogenated alkanes) is 1. The second-order valence-corrected chi connectivity index (χ2v) is 4.81. The molecule has 0 atom stereocenters. The Labute approximate surface area is 103 Å². The SMILES string of the molecule is CCCCC(=O)Nc1ccc2c(c1)CN(C)C2. The van der Waals surface area contributed by atoms with Crippen molar-refractivity contribution in [1.29, 1.82) is 0 Å². The van der Waals surface area contributed by atoms with E-state index in [-0.39, 0.29) is 5.91 Å². The highest BCUT2D eigenvalue weighted by molar-refractivity contribution is 5.90. The van der Waals surface area contributed by atoms with Gasteiger partial charge in [0.05, 0.1) is 0 Å². The molecule has 3 nitrogen and oxygen atoms in total. The fraction of sp³-hybridized carbons (Fsp3) is 0.500. The molecule has 1 heterocycles. The summed E-state index contributed by atoms with van der Waals surface area (Å²) in [6, 6.07) is 6.22. The van der Waals surface area contributed by atoms with E-state index in [1.54, 1.807) is 0 Å². The maximum Gasteiger partial charge on any atom is 0.224 e. The molecule has 1 aromatic rings. The van der Waals surface area contributed by atoms with Crippen molar-refractivity contribution in [3.05, 3.63) is 29.3 Å². The van der Waals surface area contributed by atoms with Crippen LogP contribution in [0.1, 0.15) is 37.3 Å². The topological polar surface area (TPSA) is 32.3 Å². The van der Waals surface area contributed by atoms with Gasteiger partial charge < -0.3 is 5.32 Å². The molecule has 0 fully saturated rings. The minimum atomic E-state index is 0.123. The van der Waals surface area contributed by atoms with Crippen LogP contribution in [0, 0.1) is 0 Å². The molecule has 1 aliphatic heterocycles. The predicted octanol–water partition coefficient (Wildman–Crippen LogP) is 2.76. The van der Waals surface area contributed by atoms with Crippen molar-refractivity contribution in [3.8, 4) is 0 Å². The molecule has 0 radical (unpaired) electrons. The Balaban J connectivity index is 1.99. The lowest BCUT2D eigenvalue weighted by Gasteiger charge is -2.06. The van der Waals surface area contributed by atoms with Gasteiger partial charge in [-0.05, 0) is 36.7 Å². The van der Waals surface area contributed by atoms with Gasteiger partial charge in [0.2, 0.25) is 5.91 Å². The number of hydrogen-bond acceptors (Lipinski definition) is 2. The van der Waals surface area contributed by atoms with Crippen molar-refractivity contribution < 1.29 is 4.79 Å². The number of carbonyl (C=O) groups excluding carboxylic acids is 1. The predicted molar refractivity (Wildman–Crippen MR) is 69.8 cm³/mol. The lowest BCUT2D eigenvalue weighted by atomic mass is 10.1. The van der Waals surface area contributed by atoms with Gasteiger partial charge in [0.15, 0.2) is 0 Å². The van der Waals surface area contributed by atoms with E-state index in [4.69, 9.17) is 0 Å². The zero-order valence-electron chi connectivity index (χ0n) is 10.6. The fourth-order valence-corrected chi connectivity index (χ4v) is 2.20. The Morgan fingerprint density at radius 1 is 1.35 bits per heavy atom. The van der Waals surface area contributed by atoms with Crippen LogP contribution >= 0.6 is 0 Å². The quantitative estimate of drug-likeness (QED) is 0.865. The van der Waals surface area contributed by atoms with Crippen molar-refractivity contribution in [2.24, 2.45) is 0 Å². The summed E-state index contributed by atoms with van der Waals surface area (Å²) in [6.07, 6.45) is 2.63. The molecule has 0 unspecified atom stereocenters. The van der Waals surface area contributed by atoms with Gasteiger partial charge in [0.25, 0.3) is 0 Å². The van der Waals surface area contributed by atoms with E-state index in [1.807, 2.05) is 6.07 Å². The number of fused-ring (bicyclic) bond motifs is 1. The van der Waals surface area contributed by atoms with E-state index in [1.165, 1.54) is 11.1 Å². The molecule has 17 heavy (non-hydrogen) atoms. The number of nitrogens with zero attached hydrogens (tertiary/aromatic N) is 1. The summed E-state index contributed by atoms with van der Waals surface area (Å²) in [4.78, 5) is 13.9. The molecule has 0 spiro atoms. The molecule has 0 aliphatic carbocycles. The highest BCUT2D eigenvalue weighted by Gasteiger charge is 2.15. The minimum absolute atomic E-state index is 0.123. The Hall–Kier alpha value is -1.35. The van der Waals surface area contributed by atoms with E-state index in [2.05, 4.69) is 36.3 Å². The van der Waals surface area contributed by atoms with E-state index >= 15 is 0 Å². The summed E-state index contributed by atoms with van der Waals surface area (Å²) in [5.74, 6) is 0.123. The first kappa shape index (κ1) is 12.1. The summed E-state index contributed by atoms with van der Waals surface area (Å²) in [7, 11) is 2.11. The molecule has 1 N–H and O–H groups in total. The average molecular weight is 232 g/mol. The van der Waals surface area contributed by atoms with E-state index in [0.29, 0.717) is 6.42 Å². The molecule has 0 saturated carbocycles. The fourth-order valence-electron chi connectivity index (χ4n) is 2.20. The molecule has 92 valence electrons. The highest BCUT2D eigenvalue weighted by Crippen LogP contribution is 2.24. The molecule has 1 aromatic carbocycles.